The number of rotatable bonds is 5. The summed E-state index contributed by atoms with van der Waals surface area (Å²) < 4.78 is 33.7. The van der Waals surface area contributed by atoms with Crippen molar-refractivity contribution in [2.24, 2.45) is 5.92 Å². The van der Waals surface area contributed by atoms with Crippen molar-refractivity contribution in [2.75, 3.05) is 26.1 Å². The molecule has 0 spiro atoms. The Morgan fingerprint density at radius 1 is 1.41 bits per heavy atom. The zero-order valence-corrected chi connectivity index (χ0v) is 11.2. The number of ether oxygens (including phenoxy) is 2. The summed E-state index contributed by atoms with van der Waals surface area (Å²) in [7, 11) is -1.96. The van der Waals surface area contributed by atoms with Crippen LogP contribution in [0.25, 0.3) is 0 Å². The van der Waals surface area contributed by atoms with Gasteiger partial charge in [-0.1, -0.05) is 0 Å². The third-order valence-electron chi connectivity index (χ3n) is 3.10. The van der Waals surface area contributed by atoms with Crippen molar-refractivity contribution in [1.82, 2.24) is 0 Å². The van der Waals surface area contributed by atoms with Crippen molar-refractivity contribution in [2.45, 2.75) is 31.4 Å². The minimum absolute atomic E-state index is 0.0674. The predicted octanol–water partition coefficient (Wildman–Crippen LogP) is 0.779. The lowest BCUT2D eigenvalue weighted by molar-refractivity contribution is -0.140. The molecule has 17 heavy (non-hydrogen) atoms. The molecule has 0 aromatic carbocycles. The molecular formula is C11H20O5S. The van der Waals surface area contributed by atoms with E-state index in [4.69, 9.17) is 4.74 Å². The molecule has 1 heterocycles. The fourth-order valence-electron chi connectivity index (χ4n) is 1.85. The lowest BCUT2D eigenvalue weighted by atomic mass is 10.0. The Hall–Kier alpha value is -0.620. The zero-order chi connectivity index (χ0) is 12.9. The van der Waals surface area contributed by atoms with Crippen molar-refractivity contribution in [3.8, 4) is 0 Å². The molecule has 0 radical (unpaired) electrons. The van der Waals surface area contributed by atoms with Gasteiger partial charge >= 0.3 is 5.97 Å². The highest BCUT2D eigenvalue weighted by Gasteiger charge is 2.28. The highest BCUT2D eigenvalue weighted by atomic mass is 32.2. The molecule has 100 valence electrons. The molecule has 1 atom stereocenters. The van der Waals surface area contributed by atoms with E-state index in [2.05, 4.69) is 4.74 Å². The SMILES string of the molecule is COC(=O)CC(C)S(=O)(=O)CC1CCOCC1. The van der Waals surface area contributed by atoms with E-state index >= 15 is 0 Å². The average molecular weight is 264 g/mol. The monoisotopic (exact) mass is 264 g/mol. The topological polar surface area (TPSA) is 69.7 Å². The number of hydrogen-bond donors (Lipinski definition) is 0. The lowest BCUT2D eigenvalue weighted by Crippen LogP contribution is -2.30. The van der Waals surface area contributed by atoms with Gasteiger partial charge in [0.1, 0.15) is 0 Å². The van der Waals surface area contributed by atoms with Crippen LogP contribution >= 0.6 is 0 Å². The number of carbonyl (C=O) groups is 1. The number of sulfone groups is 1. The normalized spacial score (nSPS) is 19.9. The maximum absolute atomic E-state index is 12.0. The molecular weight excluding hydrogens is 244 g/mol. The van der Waals surface area contributed by atoms with E-state index in [0.717, 1.165) is 12.8 Å². The Balaban J connectivity index is 2.51. The molecule has 1 rings (SSSR count). The van der Waals surface area contributed by atoms with Crippen LogP contribution in [0.4, 0.5) is 0 Å². The Labute approximate surface area is 102 Å². The van der Waals surface area contributed by atoms with Gasteiger partial charge < -0.3 is 9.47 Å². The van der Waals surface area contributed by atoms with Crippen LogP contribution in [0.2, 0.25) is 0 Å². The van der Waals surface area contributed by atoms with E-state index < -0.39 is 21.1 Å². The quantitative estimate of drug-likeness (QED) is 0.686. The fourth-order valence-corrected chi connectivity index (χ4v) is 3.56. The fraction of sp³-hybridized carbons (Fsp3) is 0.909. The molecule has 1 saturated heterocycles. The predicted molar refractivity (Wildman–Crippen MR) is 63.4 cm³/mol. The van der Waals surface area contributed by atoms with Gasteiger partial charge in [0, 0.05) is 13.2 Å². The van der Waals surface area contributed by atoms with Crippen molar-refractivity contribution in [1.29, 1.82) is 0 Å². The Bertz CT molecular complexity index is 343. The molecule has 0 aliphatic carbocycles. The first kappa shape index (κ1) is 14.4. The standard InChI is InChI=1S/C11H20O5S/c1-9(7-11(12)15-2)17(13,14)8-10-3-5-16-6-4-10/h9-10H,3-8H2,1-2H3. The molecule has 6 heteroatoms. The molecule has 0 bridgehead atoms. The molecule has 0 N–H and O–H groups in total. The van der Waals surface area contributed by atoms with Crippen molar-refractivity contribution < 1.29 is 22.7 Å². The second-order valence-corrected chi connectivity index (χ2v) is 6.94. The van der Waals surface area contributed by atoms with Crippen LogP contribution in [0.3, 0.4) is 0 Å². The summed E-state index contributed by atoms with van der Waals surface area (Å²) >= 11 is 0. The summed E-state index contributed by atoms with van der Waals surface area (Å²) in [5.41, 5.74) is 0. The summed E-state index contributed by atoms with van der Waals surface area (Å²) in [6, 6.07) is 0. The van der Waals surface area contributed by atoms with Gasteiger partial charge in [0.15, 0.2) is 9.84 Å². The summed E-state index contributed by atoms with van der Waals surface area (Å²) in [5.74, 6) is -0.170. The average Bonchev–Trinajstić information content (AvgIpc) is 2.29. The Morgan fingerprint density at radius 2 is 2.00 bits per heavy atom. The Morgan fingerprint density at radius 3 is 2.53 bits per heavy atom. The molecule has 0 saturated carbocycles. The van der Waals surface area contributed by atoms with Crippen molar-refractivity contribution >= 4 is 15.8 Å². The van der Waals surface area contributed by atoms with Crippen LogP contribution in [0.15, 0.2) is 0 Å². The van der Waals surface area contributed by atoms with Crippen LogP contribution in [-0.4, -0.2) is 45.7 Å². The zero-order valence-electron chi connectivity index (χ0n) is 10.3. The maximum Gasteiger partial charge on any atom is 0.306 e. The number of hydrogen-bond acceptors (Lipinski definition) is 5. The van der Waals surface area contributed by atoms with Crippen LogP contribution in [0, 0.1) is 5.92 Å². The first-order chi connectivity index (χ1) is 7.95. The highest BCUT2D eigenvalue weighted by Crippen LogP contribution is 2.20. The molecule has 0 aromatic heterocycles. The third kappa shape index (κ3) is 4.63. The number of carbonyl (C=O) groups excluding carboxylic acids is 1. The van der Waals surface area contributed by atoms with Gasteiger partial charge in [-0.2, -0.15) is 0 Å². The van der Waals surface area contributed by atoms with Crippen LogP contribution in [0.5, 0.6) is 0 Å². The molecule has 0 amide bonds. The molecule has 1 fully saturated rings. The van der Waals surface area contributed by atoms with E-state index in [1.54, 1.807) is 6.92 Å². The van der Waals surface area contributed by atoms with Crippen LogP contribution in [-0.2, 0) is 24.1 Å². The molecule has 1 aliphatic rings. The van der Waals surface area contributed by atoms with Gasteiger partial charge in [0.05, 0.1) is 24.5 Å². The van der Waals surface area contributed by atoms with Crippen molar-refractivity contribution in [3.05, 3.63) is 0 Å². The van der Waals surface area contributed by atoms with Crippen molar-refractivity contribution in [3.63, 3.8) is 0 Å². The van der Waals surface area contributed by atoms with Gasteiger partial charge in [-0.25, -0.2) is 8.42 Å². The van der Waals surface area contributed by atoms with Gasteiger partial charge in [-0.15, -0.1) is 0 Å². The van der Waals surface area contributed by atoms with E-state index in [1.807, 2.05) is 0 Å². The van der Waals surface area contributed by atoms with Crippen LogP contribution in [0.1, 0.15) is 26.2 Å². The smallest absolute Gasteiger partial charge is 0.306 e. The summed E-state index contributed by atoms with van der Waals surface area (Å²) in [4.78, 5) is 11.1. The largest absolute Gasteiger partial charge is 0.469 e. The minimum atomic E-state index is -3.22. The second kappa shape index (κ2) is 6.35. The first-order valence-electron chi connectivity index (χ1n) is 5.82. The molecule has 0 aromatic rings. The number of methoxy groups -OCH3 is 1. The third-order valence-corrected chi connectivity index (χ3v) is 5.43. The number of esters is 1. The van der Waals surface area contributed by atoms with Gasteiger partial charge in [0.25, 0.3) is 0 Å². The second-order valence-electron chi connectivity index (χ2n) is 4.48. The van der Waals surface area contributed by atoms with Crippen LogP contribution < -0.4 is 0 Å². The molecule has 1 unspecified atom stereocenters. The van der Waals surface area contributed by atoms with E-state index in [9.17, 15) is 13.2 Å². The minimum Gasteiger partial charge on any atom is -0.469 e. The summed E-state index contributed by atoms with van der Waals surface area (Å²) in [6.07, 6.45) is 1.50. The van der Waals surface area contributed by atoms with E-state index in [1.165, 1.54) is 7.11 Å². The lowest BCUT2D eigenvalue weighted by Gasteiger charge is -2.23. The Kier molecular flexibility index (Phi) is 5.39. The summed E-state index contributed by atoms with van der Waals surface area (Å²) in [5, 5.41) is -0.669. The molecule has 1 aliphatic heterocycles. The summed E-state index contributed by atoms with van der Waals surface area (Å²) in [6.45, 7) is 2.82. The highest BCUT2D eigenvalue weighted by molar-refractivity contribution is 7.92. The maximum atomic E-state index is 12.0. The van der Waals surface area contributed by atoms with Gasteiger partial charge in [0.2, 0.25) is 0 Å². The van der Waals surface area contributed by atoms with E-state index in [0.29, 0.717) is 13.2 Å². The van der Waals surface area contributed by atoms with E-state index in [-0.39, 0.29) is 18.1 Å². The van der Waals surface area contributed by atoms with Gasteiger partial charge in [-0.3, -0.25) is 4.79 Å². The molecule has 5 nitrogen and oxygen atoms in total. The first-order valence-corrected chi connectivity index (χ1v) is 7.53. The van der Waals surface area contributed by atoms with Gasteiger partial charge in [-0.05, 0) is 25.7 Å².